The van der Waals surface area contributed by atoms with Crippen molar-refractivity contribution in [3.05, 3.63) is 60.8 Å². The number of rotatable bonds is 8. The maximum atomic E-state index is 12.4. The Hall–Kier alpha value is -3.72. The summed E-state index contributed by atoms with van der Waals surface area (Å²) in [5.41, 5.74) is 3.10. The Morgan fingerprint density at radius 2 is 1.72 bits per heavy atom. The van der Waals surface area contributed by atoms with Gasteiger partial charge in [-0.25, -0.2) is 9.50 Å². The van der Waals surface area contributed by atoms with E-state index in [1.807, 2.05) is 42.6 Å². The van der Waals surface area contributed by atoms with Crippen LogP contribution in [0.4, 0.5) is 5.69 Å². The van der Waals surface area contributed by atoms with E-state index in [2.05, 4.69) is 15.4 Å². The van der Waals surface area contributed by atoms with E-state index in [9.17, 15) is 4.79 Å². The molecule has 4 rings (SSSR count). The average molecular weight is 451 g/mol. The predicted molar refractivity (Wildman–Crippen MR) is 124 cm³/mol. The molecule has 0 radical (unpaired) electrons. The molecule has 2 aromatic carbocycles. The van der Waals surface area contributed by atoms with E-state index in [0.29, 0.717) is 22.2 Å². The van der Waals surface area contributed by atoms with Crippen LogP contribution in [-0.2, 0) is 4.79 Å². The Morgan fingerprint density at radius 1 is 0.969 bits per heavy atom. The van der Waals surface area contributed by atoms with Crippen LogP contribution in [0.3, 0.4) is 0 Å². The number of anilines is 1. The zero-order valence-corrected chi connectivity index (χ0v) is 18.7. The molecule has 8 nitrogen and oxygen atoms in total. The molecule has 2 aromatic heterocycles. The van der Waals surface area contributed by atoms with Gasteiger partial charge in [-0.05, 0) is 48.5 Å². The zero-order chi connectivity index (χ0) is 22.5. The number of imidazole rings is 1. The fraction of sp³-hybridized carbons (Fsp3) is 0.174. The summed E-state index contributed by atoms with van der Waals surface area (Å²) >= 11 is 1.34. The van der Waals surface area contributed by atoms with Gasteiger partial charge in [-0.2, -0.15) is 5.10 Å². The molecule has 0 spiro atoms. The quantitative estimate of drug-likeness (QED) is 0.404. The summed E-state index contributed by atoms with van der Waals surface area (Å²) in [6.07, 6.45) is 1.86. The molecule has 0 unspecified atom stereocenters. The van der Waals surface area contributed by atoms with Crippen molar-refractivity contribution >= 4 is 29.0 Å². The number of nitrogens with one attached hydrogen (secondary N) is 1. The lowest BCUT2D eigenvalue weighted by Crippen LogP contribution is -2.15. The van der Waals surface area contributed by atoms with Gasteiger partial charge in [-0.3, -0.25) is 4.79 Å². The average Bonchev–Trinajstić information content (AvgIpc) is 3.26. The number of amides is 1. The van der Waals surface area contributed by atoms with Crippen molar-refractivity contribution in [3.8, 4) is 28.5 Å². The third kappa shape index (κ3) is 4.78. The summed E-state index contributed by atoms with van der Waals surface area (Å²) in [6.45, 7) is 0. The van der Waals surface area contributed by atoms with E-state index in [1.165, 1.54) is 11.8 Å². The van der Waals surface area contributed by atoms with Gasteiger partial charge in [-0.1, -0.05) is 11.8 Å². The molecular formula is C23H22N4O4S. The highest BCUT2D eigenvalue weighted by Crippen LogP contribution is 2.29. The second kappa shape index (κ2) is 9.61. The van der Waals surface area contributed by atoms with E-state index in [4.69, 9.17) is 14.2 Å². The molecule has 0 fully saturated rings. The lowest BCUT2D eigenvalue weighted by atomic mass is 10.2. The van der Waals surface area contributed by atoms with Gasteiger partial charge < -0.3 is 19.5 Å². The van der Waals surface area contributed by atoms with Crippen LogP contribution in [0.1, 0.15) is 0 Å². The van der Waals surface area contributed by atoms with Gasteiger partial charge in [0.2, 0.25) is 5.91 Å². The number of carbonyl (C=O) groups is 1. The lowest BCUT2D eigenvalue weighted by molar-refractivity contribution is -0.113. The summed E-state index contributed by atoms with van der Waals surface area (Å²) in [5, 5.41) is 8.14. The van der Waals surface area contributed by atoms with Gasteiger partial charge in [0.15, 0.2) is 5.65 Å². The fourth-order valence-electron chi connectivity index (χ4n) is 3.07. The number of benzene rings is 2. The highest BCUT2D eigenvalue weighted by Gasteiger charge is 2.11. The number of carbonyl (C=O) groups excluding carboxylic acids is 1. The van der Waals surface area contributed by atoms with E-state index in [-0.39, 0.29) is 11.7 Å². The number of hydrogen-bond acceptors (Lipinski definition) is 7. The second-order valence-electron chi connectivity index (χ2n) is 6.73. The van der Waals surface area contributed by atoms with Crippen molar-refractivity contribution in [3.63, 3.8) is 0 Å². The molecule has 0 bridgehead atoms. The molecule has 0 aliphatic heterocycles. The molecule has 0 saturated carbocycles. The first-order valence-electron chi connectivity index (χ1n) is 9.75. The first-order chi connectivity index (χ1) is 15.6. The molecule has 0 aliphatic carbocycles. The van der Waals surface area contributed by atoms with Crippen LogP contribution in [0, 0.1) is 0 Å². The Morgan fingerprint density at radius 3 is 2.44 bits per heavy atom. The summed E-state index contributed by atoms with van der Waals surface area (Å²) < 4.78 is 17.4. The van der Waals surface area contributed by atoms with Crippen LogP contribution in [0.15, 0.2) is 65.8 Å². The van der Waals surface area contributed by atoms with Crippen molar-refractivity contribution in [2.24, 2.45) is 0 Å². The highest BCUT2D eigenvalue weighted by molar-refractivity contribution is 7.99. The molecule has 0 saturated heterocycles. The molecule has 0 atom stereocenters. The van der Waals surface area contributed by atoms with Crippen LogP contribution in [0.2, 0.25) is 0 Å². The van der Waals surface area contributed by atoms with Gasteiger partial charge in [0.1, 0.15) is 22.3 Å². The molecule has 4 aromatic rings. The summed E-state index contributed by atoms with van der Waals surface area (Å²) in [4.78, 5) is 17.0. The fourth-order valence-corrected chi connectivity index (χ4v) is 3.73. The van der Waals surface area contributed by atoms with Crippen LogP contribution in [0.25, 0.3) is 16.9 Å². The molecule has 2 heterocycles. The van der Waals surface area contributed by atoms with E-state index >= 15 is 0 Å². The van der Waals surface area contributed by atoms with Crippen molar-refractivity contribution in [1.82, 2.24) is 14.6 Å². The molecule has 164 valence electrons. The van der Waals surface area contributed by atoms with Gasteiger partial charge in [0, 0.05) is 11.6 Å². The Labute approximate surface area is 189 Å². The predicted octanol–water partition coefficient (Wildman–Crippen LogP) is 4.15. The third-order valence-electron chi connectivity index (χ3n) is 4.72. The van der Waals surface area contributed by atoms with Crippen molar-refractivity contribution in [2.75, 3.05) is 32.4 Å². The molecular weight excluding hydrogens is 428 g/mol. The SMILES string of the molecule is COc1ccc(-c2cn3nc(SCC(=O)Nc4ccc(OC)cc4OC)ccc3n2)cc1. The Balaban J connectivity index is 1.42. The maximum Gasteiger partial charge on any atom is 0.234 e. The van der Waals surface area contributed by atoms with E-state index < -0.39 is 0 Å². The normalized spacial score (nSPS) is 10.7. The van der Waals surface area contributed by atoms with Crippen LogP contribution in [-0.4, -0.2) is 47.6 Å². The number of nitrogens with zero attached hydrogens (tertiary/aromatic N) is 3. The standard InChI is InChI=1S/C23H22N4O4S/c1-29-16-6-4-15(5-7-16)19-13-27-21(24-19)10-11-23(26-27)32-14-22(28)25-18-9-8-17(30-2)12-20(18)31-3/h4-13H,14H2,1-3H3,(H,25,28). The topological polar surface area (TPSA) is 87.0 Å². The zero-order valence-electron chi connectivity index (χ0n) is 17.9. The maximum absolute atomic E-state index is 12.4. The number of thioether (sulfide) groups is 1. The first-order valence-corrected chi connectivity index (χ1v) is 10.7. The summed E-state index contributed by atoms with van der Waals surface area (Å²) in [7, 11) is 4.76. The van der Waals surface area contributed by atoms with Crippen molar-refractivity contribution in [1.29, 1.82) is 0 Å². The third-order valence-corrected chi connectivity index (χ3v) is 5.64. The number of methoxy groups -OCH3 is 3. The molecule has 1 N–H and O–H groups in total. The summed E-state index contributed by atoms with van der Waals surface area (Å²) in [5.74, 6) is 2.02. The van der Waals surface area contributed by atoms with Crippen LogP contribution >= 0.6 is 11.8 Å². The van der Waals surface area contributed by atoms with Gasteiger partial charge >= 0.3 is 0 Å². The molecule has 1 amide bonds. The minimum Gasteiger partial charge on any atom is -0.497 e. The minimum absolute atomic E-state index is 0.162. The second-order valence-corrected chi connectivity index (χ2v) is 7.73. The van der Waals surface area contributed by atoms with E-state index in [1.54, 1.807) is 44.0 Å². The van der Waals surface area contributed by atoms with Crippen LogP contribution in [0.5, 0.6) is 17.2 Å². The first kappa shape index (κ1) is 21.5. The summed E-state index contributed by atoms with van der Waals surface area (Å²) in [6, 6.07) is 16.7. The largest absolute Gasteiger partial charge is 0.497 e. The lowest BCUT2D eigenvalue weighted by Gasteiger charge is -2.11. The van der Waals surface area contributed by atoms with E-state index in [0.717, 1.165) is 22.7 Å². The molecule has 0 aliphatic rings. The van der Waals surface area contributed by atoms with Gasteiger partial charge in [0.25, 0.3) is 0 Å². The van der Waals surface area contributed by atoms with Crippen LogP contribution < -0.4 is 19.5 Å². The number of fused-ring (bicyclic) bond motifs is 1. The molecule has 9 heteroatoms. The number of ether oxygens (including phenoxy) is 3. The number of aromatic nitrogens is 3. The minimum atomic E-state index is -0.162. The van der Waals surface area contributed by atoms with Gasteiger partial charge in [-0.15, -0.1) is 0 Å². The highest BCUT2D eigenvalue weighted by atomic mass is 32.2. The van der Waals surface area contributed by atoms with Gasteiger partial charge in [0.05, 0.1) is 44.7 Å². The Bertz CT molecular complexity index is 1240. The monoisotopic (exact) mass is 450 g/mol. The smallest absolute Gasteiger partial charge is 0.234 e. The number of hydrogen-bond donors (Lipinski definition) is 1. The molecule has 32 heavy (non-hydrogen) atoms. The Kier molecular flexibility index (Phi) is 6.46. The van der Waals surface area contributed by atoms with Crippen molar-refractivity contribution in [2.45, 2.75) is 5.03 Å². The van der Waals surface area contributed by atoms with Crippen molar-refractivity contribution < 1.29 is 19.0 Å².